The summed E-state index contributed by atoms with van der Waals surface area (Å²) in [7, 11) is -6.55. The van der Waals surface area contributed by atoms with Crippen LogP contribution in [0.5, 0.6) is 0 Å². The van der Waals surface area contributed by atoms with E-state index in [0.717, 1.165) is 31.4 Å². The molecule has 0 fully saturated rings. The van der Waals surface area contributed by atoms with E-state index in [9.17, 15) is 40.0 Å². The van der Waals surface area contributed by atoms with Gasteiger partial charge in [0.2, 0.25) is 0 Å². The number of halogens is 8. The Kier molecular flexibility index (Phi) is 8.94. The normalized spacial score (nSPS) is 13.4. The summed E-state index contributed by atoms with van der Waals surface area (Å²) in [5.41, 5.74) is -0.181. The van der Waals surface area contributed by atoms with Gasteiger partial charge in [0.05, 0.1) is 11.1 Å². The summed E-state index contributed by atoms with van der Waals surface area (Å²) >= 11 is 6.04. The highest BCUT2D eigenvalue weighted by Gasteiger charge is 2.66. The van der Waals surface area contributed by atoms with E-state index in [4.69, 9.17) is 4.55 Å². The fourth-order valence-corrected chi connectivity index (χ4v) is 5.10. The Bertz CT molecular complexity index is 1190. The maximum atomic E-state index is 13.5. The van der Waals surface area contributed by atoms with Crippen molar-refractivity contribution in [2.75, 3.05) is 5.32 Å². The zero-order chi connectivity index (χ0) is 25.4. The molecule has 0 heterocycles. The summed E-state index contributed by atoms with van der Waals surface area (Å²) in [5.74, 6) is -2.45. The van der Waals surface area contributed by atoms with Gasteiger partial charge in [-0.25, -0.2) is 4.79 Å². The minimum absolute atomic E-state index is 0.122. The molecule has 33 heavy (non-hydrogen) atoms. The average molecular weight is 831 g/mol. The summed E-state index contributed by atoms with van der Waals surface area (Å²) in [5, 5.41) is -3.32. The van der Waals surface area contributed by atoms with Gasteiger partial charge in [0.25, 0.3) is 12.0 Å². The molecule has 0 aliphatic rings. The first kappa shape index (κ1) is 28.4. The van der Waals surface area contributed by atoms with E-state index in [-0.39, 0.29) is 5.69 Å². The molecule has 0 aliphatic carbocycles. The van der Waals surface area contributed by atoms with Crippen LogP contribution in [0.25, 0.3) is 0 Å². The van der Waals surface area contributed by atoms with Crippen LogP contribution in [-0.4, -0.2) is 42.4 Å². The maximum absolute atomic E-state index is 13.5. The zero-order valence-corrected chi connectivity index (χ0v) is 22.8. The number of nitrogens with one attached hydrogen (secondary N) is 1. The fraction of sp³-hybridized carbons (Fsp3) is 0.176. The van der Waals surface area contributed by atoms with E-state index in [1.807, 2.05) is 73.8 Å². The van der Waals surface area contributed by atoms with Gasteiger partial charge in [-0.05, 0) is 104 Å². The van der Waals surface area contributed by atoms with Gasteiger partial charge in [0.15, 0.2) is 0 Å². The van der Waals surface area contributed by atoms with Crippen molar-refractivity contribution in [2.45, 2.75) is 17.5 Å². The molecule has 2 aromatic rings. The average Bonchev–Trinajstić information content (AvgIpc) is 2.67. The lowest BCUT2D eigenvalue weighted by Gasteiger charge is -2.26. The van der Waals surface area contributed by atoms with Crippen molar-refractivity contribution in [3.8, 4) is 0 Å². The van der Waals surface area contributed by atoms with Crippen LogP contribution in [0.2, 0.25) is 0 Å². The largest absolute Gasteiger partial charge is 0.441 e. The molecule has 1 amide bonds. The molecule has 180 valence electrons. The molecule has 1 unspecified atom stereocenters. The van der Waals surface area contributed by atoms with Gasteiger partial charge >= 0.3 is 27.5 Å². The SMILES string of the molecule is O=C(OC(C(F)(F)F)C(F)(F)S(=O)(=O)O)c1ccc(NC(=O)c2cc(I)cc(I)c2I)cc1. The number of anilines is 1. The molecule has 0 radical (unpaired) electrons. The molecule has 0 aliphatic heterocycles. The number of esters is 1. The Morgan fingerprint density at radius 2 is 1.55 bits per heavy atom. The number of amides is 1. The van der Waals surface area contributed by atoms with Gasteiger partial charge in [-0.2, -0.15) is 30.4 Å². The number of alkyl halides is 5. The monoisotopic (exact) mass is 831 g/mol. The standard InChI is InChI=1S/C17H9F5I3NO6S/c18-16(19,20)15(17(21,22)33(29,30)31)32-14(28)7-1-3-9(4-2-7)26-13(27)10-5-8(23)6-11(24)12(10)25/h1-6,15H,(H,26,27)(H,29,30,31). The van der Waals surface area contributed by atoms with Crippen LogP contribution in [0, 0.1) is 10.7 Å². The second-order valence-electron chi connectivity index (χ2n) is 6.14. The van der Waals surface area contributed by atoms with E-state index in [2.05, 4.69) is 10.1 Å². The van der Waals surface area contributed by atoms with Crippen molar-refractivity contribution in [3.05, 3.63) is 58.2 Å². The predicted octanol–water partition coefficient (Wildman–Crippen LogP) is 5.32. The summed E-state index contributed by atoms with van der Waals surface area (Å²) in [6.07, 6.45) is -10.5. The quantitative estimate of drug-likeness (QED) is 0.134. The van der Waals surface area contributed by atoms with E-state index >= 15 is 0 Å². The minimum atomic E-state index is -6.55. The summed E-state index contributed by atoms with van der Waals surface area (Å²) in [4.78, 5) is 24.4. The van der Waals surface area contributed by atoms with Gasteiger partial charge < -0.3 is 10.1 Å². The summed E-state index contributed by atoms with van der Waals surface area (Å²) in [6.45, 7) is 0. The van der Waals surface area contributed by atoms with E-state index in [1.54, 1.807) is 6.07 Å². The number of carbonyl (C=O) groups is 2. The number of hydrogen-bond donors (Lipinski definition) is 2. The highest BCUT2D eigenvalue weighted by molar-refractivity contribution is 14.1. The molecular formula is C17H9F5I3NO6S. The minimum Gasteiger partial charge on any atom is -0.441 e. The van der Waals surface area contributed by atoms with Gasteiger partial charge in [0, 0.05) is 16.4 Å². The highest BCUT2D eigenvalue weighted by atomic mass is 127. The third-order valence-electron chi connectivity index (χ3n) is 3.79. The lowest BCUT2D eigenvalue weighted by atomic mass is 10.2. The predicted molar refractivity (Wildman–Crippen MR) is 131 cm³/mol. The molecule has 0 bridgehead atoms. The zero-order valence-electron chi connectivity index (χ0n) is 15.5. The maximum Gasteiger partial charge on any atom is 0.432 e. The van der Waals surface area contributed by atoms with Crippen LogP contribution >= 0.6 is 67.8 Å². The number of benzene rings is 2. The third kappa shape index (κ3) is 6.84. The van der Waals surface area contributed by atoms with E-state index < -0.39 is 45.1 Å². The van der Waals surface area contributed by atoms with Crippen molar-refractivity contribution in [1.29, 1.82) is 0 Å². The Labute approximate surface area is 224 Å². The van der Waals surface area contributed by atoms with Gasteiger partial charge in [0.1, 0.15) is 0 Å². The highest BCUT2D eigenvalue weighted by Crippen LogP contribution is 2.38. The Hall–Kier alpha value is -0.870. The molecular weight excluding hydrogens is 822 g/mol. The molecule has 7 nitrogen and oxygen atoms in total. The number of rotatable bonds is 6. The van der Waals surface area contributed by atoms with E-state index in [1.165, 1.54) is 0 Å². The van der Waals surface area contributed by atoms with Crippen LogP contribution in [0.4, 0.5) is 27.6 Å². The first-order valence-corrected chi connectivity index (χ1v) is 12.8. The van der Waals surface area contributed by atoms with Crippen molar-refractivity contribution < 1.29 is 49.2 Å². The second-order valence-corrected chi connectivity index (χ2v) is 11.1. The Morgan fingerprint density at radius 1 is 1.00 bits per heavy atom. The van der Waals surface area contributed by atoms with Crippen LogP contribution in [-0.2, 0) is 14.9 Å². The number of ether oxygens (including phenoxy) is 1. The number of carbonyl (C=O) groups excluding carboxylic acids is 2. The van der Waals surface area contributed by atoms with E-state index in [0.29, 0.717) is 9.13 Å². The van der Waals surface area contributed by atoms with Crippen molar-refractivity contribution in [2.24, 2.45) is 0 Å². The Morgan fingerprint density at radius 3 is 2.03 bits per heavy atom. The topological polar surface area (TPSA) is 110 Å². The lowest BCUT2D eigenvalue weighted by Crippen LogP contribution is -2.52. The second kappa shape index (κ2) is 10.4. The third-order valence-corrected chi connectivity index (χ3v) is 8.36. The molecule has 2 rings (SSSR count). The van der Waals surface area contributed by atoms with Crippen molar-refractivity contribution >= 4 is 95.5 Å². The molecule has 2 aromatic carbocycles. The van der Waals surface area contributed by atoms with Crippen LogP contribution in [0.3, 0.4) is 0 Å². The van der Waals surface area contributed by atoms with Crippen LogP contribution in [0.15, 0.2) is 36.4 Å². The molecule has 0 saturated carbocycles. The molecule has 1 atom stereocenters. The lowest BCUT2D eigenvalue weighted by molar-refractivity contribution is -0.248. The van der Waals surface area contributed by atoms with Gasteiger partial charge in [-0.1, -0.05) is 0 Å². The van der Waals surface area contributed by atoms with Crippen molar-refractivity contribution in [3.63, 3.8) is 0 Å². The molecule has 16 heteroatoms. The first-order valence-electron chi connectivity index (χ1n) is 8.13. The molecule has 2 N–H and O–H groups in total. The first-order chi connectivity index (χ1) is 14.9. The fourth-order valence-electron chi connectivity index (χ4n) is 2.25. The van der Waals surface area contributed by atoms with Crippen LogP contribution in [0.1, 0.15) is 20.7 Å². The summed E-state index contributed by atoms with van der Waals surface area (Å²) < 4.78 is 101. The Balaban J connectivity index is 2.22. The smallest absolute Gasteiger partial charge is 0.432 e. The van der Waals surface area contributed by atoms with Crippen molar-refractivity contribution in [1.82, 2.24) is 0 Å². The van der Waals surface area contributed by atoms with Crippen LogP contribution < -0.4 is 5.32 Å². The summed E-state index contributed by atoms with van der Waals surface area (Å²) in [6, 6.07) is 7.42. The number of hydrogen-bond acceptors (Lipinski definition) is 5. The molecule has 0 saturated heterocycles. The molecule has 0 aromatic heterocycles. The molecule has 0 spiro atoms. The van der Waals surface area contributed by atoms with Gasteiger partial charge in [-0.15, -0.1) is 0 Å². The van der Waals surface area contributed by atoms with Gasteiger partial charge in [-0.3, -0.25) is 9.35 Å².